The fraction of sp³-hybridized carbons (Fsp3) is 0.429. The molecule has 1 aromatic carbocycles. The van der Waals surface area contributed by atoms with Crippen molar-refractivity contribution in [2.45, 2.75) is 32.2 Å². The van der Waals surface area contributed by atoms with Gasteiger partial charge in [0.05, 0.1) is 6.54 Å². The molecule has 0 atom stereocenters. The molecule has 6 heteroatoms. The molecule has 0 aliphatic rings. The molecule has 0 spiro atoms. The Balaban J connectivity index is 2.61. The molecule has 0 unspecified atom stereocenters. The van der Waals surface area contributed by atoms with Gasteiger partial charge in [-0.25, -0.2) is 0 Å². The largest absolute Gasteiger partial charge is 0.480 e. The predicted molar refractivity (Wildman–Crippen MR) is 86.7 cm³/mol. The first kappa shape index (κ1) is 16.9. The lowest BCUT2D eigenvalue weighted by Gasteiger charge is -2.27. The number of amides is 1. The van der Waals surface area contributed by atoms with E-state index in [4.69, 9.17) is 0 Å². The lowest BCUT2D eigenvalue weighted by Crippen LogP contribution is -2.53. The van der Waals surface area contributed by atoms with E-state index in [0.717, 1.165) is 3.57 Å². The van der Waals surface area contributed by atoms with E-state index in [1.807, 2.05) is 18.2 Å². The van der Waals surface area contributed by atoms with Crippen LogP contribution in [0.5, 0.6) is 0 Å². The molecule has 0 heterocycles. The van der Waals surface area contributed by atoms with Crippen LogP contribution in [0.15, 0.2) is 24.3 Å². The van der Waals surface area contributed by atoms with Crippen LogP contribution < -0.4 is 10.6 Å². The summed E-state index contributed by atoms with van der Waals surface area (Å²) in [6.45, 7) is 3.56. The highest BCUT2D eigenvalue weighted by Gasteiger charge is 2.34. The summed E-state index contributed by atoms with van der Waals surface area (Å²) in [6, 6.07) is 7.43. The smallest absolute Gasteiger partial charge is 0.323 e. The van der Waals surface area contributed by atoms with Gasteiger partial charge in [0, 0.05) is 9.26 Å². The van der Waals surface area contributed by atoms with Gasteiger partial charge < -0.3 is 10.4 Å². The van der Waals surface area contributed by atoms with Crippen molar-refractivity contribution in [1.82, 2.24) is 5.32 Å². The second-order valence-electron chi connectivity index (χ2n) is 4.51. The quantitative estimate of drug-likeness (QED) is 0.625. The second-order valence-corrected chi connectivity index (χ2v) is 5.75. The van der Waals surface area contributed by atoms with E-state index in [0.29, 0.717) is 18.5 Å². The van der Waals surface area contributed by atoms with Crippen LogP contribution in [0.25, 0.3) is 0 Å². The highest BCUT2D eigenvalue weighted by molar-refractivity contribution is 14.1. The van der Waals surface area contributed by atoms with E-state index in [9.17, 15) is 14.7 Å². The molecule has 0 radical (unpaired) electrons. The molecule has 3 N–H and O–H groups in total. The molecule has 0 saturated heterocycles. The molecule has 0 aromatic heterocycles. The minimum absolute atomic E-state index is 0.0283. The van der Waals surface area contributed by atoms with E-state index in [-0.39, 0.29) is 12.5 Å². The molecule has 0 saturated carbocycles. The van der Waals surface area contributed by atoms with E-state index in [1.54, 1.807) is 19.9 Å². The summed E-state index contributed by atoms with van der Waals surface area (Å²) in [6.07, 6.45) is 0.852. The van der Waals surface area contributed by atoms with Gasteiger partial charge in [-0.05, 0) is 53.6 Å². The summed E-state index contributed by atoms with van der Waals surface area (Å²) in [5, 5.41) is 14.9. The van der Waals surface area contributed by atoms with Crippen LogP contribution >= 0.6 is 22.6 Å². The van der Waals surface area contributed by atoms with Crippen LogP contribution in [0, 0.1) is 3.57 Å². The normalized spacial score (nSPS) is 11.2. The Bertz CT molecular complexity index is 487. The fourth-order valence-corrected chi connectivity index (χ4v) is 2.44. The molecular weight excluding hydrogens is 371 g/mol. The fourth-order valence-electron chi connectivity index (χ4n) is 1.90. The van der Waals surface area contributed by atoms with Crippen molar-refractivity contribution in [3.8, 4) is 0 Å². The number of aliphatic carboxylic acids is 1. The van der Waals surface area contributed by atoms with Gasteiger partial charge in [0.1, 0.15) is 5.54 Å². The summed E-state index contributed by atoms with van der Waals surface area (Å²) < 4.78 is 1.02. The van der Waals surface area contributed by atoms with Crippen LogP contribution in [-0.4, -0.2) is 29.1 Å². The number of hydrogen-bond donors (Lipinski definition) is 3. The zero-order valence-corrected chi connectivity index (χ0v) is 13.7. The minimum atomic E-state index is -1.04. The molecule has 1 rings (SSSR count). The van der Waals surface area contributed by atoms with Gasteiger partial charge in [0.2, 0.25) is 5.91 Å². The standard InChI is InChI=1S/C14H19IN2O3/c1-3-14(4-2,13(19)20)16-9-12(18)17-11-7-5-6-10(15)8-11/h5-8,16H,3-4,9H2,1-2H3,(H,17,18)(H,19,20). The summed E-state index contributed by atoms with van der Waals surface area (Å²) in [7, 11) is 0. The Kier molecular flexibility index (Phi) is 6.41. The molecule has 0 bridgehead atoms. The monoisotopic (exact) mass is 390 g/mol. The van der Waals surface area contributed by atoms with Gasteiger partial charge in [-0.1, -0.05) is 19.9 Å². The topological polar surface area (TPSA) is 78.4 Å². The third-order valence-electron chi connectivity index (χ3n) is 3.31. The lowest BCUT2D eigenvalue weighted by atomic mass is 9.93. The Morgan fingerprint density at radius 3 is 2.45 bits per heavy atom. The van der Waals surface area contributed by atoms with Crippen molar-refractivity contribution in [3.05, 3.63) is 27.8 Å². The Morgan fingerprint density at radius 2 is 1.95 bits per heavy atom. The maximum Gasteiger partial charge on any atom is 0.323 e. The van der Waals surface area contributed by atoms with Crippen molar-refractivity contribution < 1.29 is 14.7 Å². The molecule has 0 aliphatic carbocycles. The number of rotatable bonds is 7. The number of carbonyl (C=O) groups excluding carboxylic acids is 1. The van der Waals surface area contributed by atoms with Gasteiger partial charge >= 0.3 is 5.97 Å². The average Bonchev–Trinajstić information content (AvgIpc) is 2.40. The van der Waals surface area contributed by atoms with Crippen molar-refractivity contribution >= 4 is 40.2 Å². The maximum absolute atomic E-state index is 11.9. The van der Waals surface area contributed by atoms with Crippen molar-refractivity contribution in [1.29, 1.82) is 0 Å². The molecule has 110 valence electrons. The number of anilines is 1. The molecule has 0 aliphatic heterocycles. The molecule has 1 amide bonds. The Morgan fingerprint density at radius 1 is 1.30 bits per heavy atom. The number of carboxylic acids is 1. The van der Waals surface area contributed by atoms with Crippen LogP contribution in [0.1, 0.15) is 26.7 Å². The first-order valence-electron chi connectivity index (χ1n) is 6.47. The lowest BCUT2D eigenvalue weighted by molar-refractivity contribution is -0.145. The van der Waals surface area contributed by atoms with Crippen molar-refractivity contribution in [3.63, 3.8) is 0 Å². The number of nitrogens with one attached hydrogen (secondary N) is 2. The van der Waals surface area contributed by atoms with Crippen LogP contribution in [-0.2, 0) is 9.59 Å². The van der Waals surface area contributed by atoms with E-state index < -0.39 is 11.5 Å². The Labute approximate surface area is 132 Å². The SMILES string of the molecule is CCC(CC)(NCC(=O)Nc1cccc(I)c1)C(=O)O. The highest BCUT2D eigenvalue weighted by Crippen LogP contribution is 2.15. The van der Waals surface area contributed by atoms with Crippen LogP contribution in [0.3, 0.4) is 0 Å². The van der Waals surface area contributed by atoms with Crippen molar-refractivity contribution in [2.24, 2.45) is 0 Å². The van der Waals surface area contributed by atoms with Gasteiger partial charge in [-0.15, -0.1) is 0 Å². The number of carboxylic acid groups (broad SMARTS) is 1. The molecule has 1 aromatic rings. The first-order valence-corrected chi connectivity index (χ1v) is 7.55. The maximum atomic E-state index is 11.9. The van der Waals surface area contributed by atoms with Crippen LogP contribution in [0.2, 0.25) is 0 Å². The van der Waals surface area contributed by atoms with Crippen molar-refractivity contribution in [2.75, 3.05) is 11.9 Å². The molecule has 0 fully saturated rings. The van der Waals surface area contributed by atoms with Gasteiger partial charge in [-0.2, -0.15) is 0 Å². The van der Waals surface area contributed by atoms with E-state index in [1.165, 1.54) is 0 Å². The minimum Gasteiger partial charge on any atom is -0.480 e. The van der Waals surface area contributed by atoms with E-state index in [2.05, 4.69) is 33.2 Å². The number of halogens is 1. The summed E-state index contributed by atoms with van der Waals surface area (Å²) >= 11 is 2.16. The number of hydrogen-bond acceptors (Lipinski definition) is 3. The summed E-state index contributed by atoms with van der Waals surface area (Å²) in [5.41, 5.74) is -0.333. The molecule has 20 heavy (non-hydrogen) atoms. The first-order chi connectivity index (χ1) is 9.43. The number of benzene rings is 1. The Hall–Kier alpha value is -1.15. The highest BCUT2D eigenvalue weighted by atomic mass is 127. The molecular formula is C14H19IN2O3. The summed E-state index contributed by atoms with van der Waals surface area (Å²) in [4.78, 5) is 23.2. The third kappa shape index (κ3) is 4.45. The average molecular weight is 390 g/mol. The predicted octanol–water partition coefficient (Wildman–Crippen LogP) is 2.46. The van der Waals surface area contributed by atoms with Gasteiger partial charge in [0.15, 0.2) is 0 Å². The summed E-state index contributed by atoms with van der Waals surface area (Å²) in [5.74, 6) is -1.18. The zero-order valence-electron chi connectivity index (χ0n) is 11.6. The van der Waals surface area contributed by atoms with E-state index >= 15 is 0 Å². The van der Waals surface area contributed by atoms with Gasteiger partial charge in [0.25, 0.3) is 0 Å². The molecule has 5 nitrogen and oxygen atoms in total. The van der Waals surface area contributed by atoms with Gasteiger partial charge in [-0.3, -0.25) is 14.9 Å². The second kappa shape index (κ2) is 7.58. The third-order valence-corrected chi connectivity index (χ3v) is 3.98. The number of carbonyl (C=O) groups is 2. The zero-order chi connectivity index (χ0) is 15.2. The van der Waals surface area contributed by atoms with Crippen LogP contribution in [0.4, 0.5) is 5.69 Å².